The Morgan fingerprint density at radius 3 is 1.64 bits per heavy atom. The van der Waals surface area contributed by atoms with Crippen LogP contribution in [0.25, 0.3) is 0 Å². The summed E-state index contributed by atoms with van der Waals surface area (Å²) in [5, 5.41) is 32.8. The Morgan fingerprint density at radius 2 is 1.12 bits per heavy atom. The Morgan fingerprint density at radius 1 is 0.625 bits per heavy atom. The maximum absolute atomic E-state index is 9.93. The molecule has 0 aliphatic heterocycles. The van der Waals surface area contributed by atoms with Gasteiger partial charge in [-0.3, -0.25) is 0 Å². The summed E-state index contributed by atoms with van der Waals surface area (Å²) < 4.78 is 17.6. The Labute approximate surface area is 338 Å². The van der Waals surface area contributed by atoms with Crippen LogP contribution in [0.3, 0.4) is 0 Å². The Bertz CT molecular complexity index is 1460. The molecule has 0 spiro atoms. The van der Waals surface area contributed by atoms with E-state index >= 15 is 0 Å². The van der Waals surface area contributed by atoms with E-state index < -0.39 is 6.10 Å². The lowest BCUT2D eigenvalue weighted by Gasteiger charge is -2.25. The Hall–Kier alpha value is -3.30. The van der Waals surface area contributed by atoms with E-state index in [-0.39, 0.29) is 12.2 Å². The molecule has 1 unspecified atom stereocenters. The van der Waals surface area contributed by atoms with Crippen molar-refractivity contribution in [1.29, 1.82) is 0 Å². The van der Waals surface area contributed by atoms with Gasteiger partial charge < -0.3 is 40.6 Å². The van der Waals surface area contributed by atoms with Crippen LogP contribution in [-0.2, 0) is 0 Å². The van der Waals surface area contributed by atoms with Crippen LogP contribution in [0.4, 0.5) is 5.69 Å². The van der Waals surface area contributed by atoms with Gasteiger partial charge in [-0.2, -0.15) is 0 Å². The van der Waals surface area contributed by atoms with Crippen molar-refractivity contribution in [2.45, 2.75) is 141 Å². The molecular weight excluding hydrogens is 701 g/mol. The third-order valence-electron chi connectivity index (χ3n) is 11.4. The summed E-state index contributed by atoms with van der Waals surface area (Å²) in [7, 11) is 0. The fourth-order valence-corrected chi connectivity index (χ4v) is 7.91. The molecule has 3 aromatic carbocycles. The molecule has 6 N–H and O–H groups in total. The highest BCUT2D eigenvalue weighted by Gasteiger charge is 2.21. The summed E-state index contributed by atoms with van der Waals surface area (Å²) >= 11 is 0. The third-order valence-corrected chi connectivity index (χ3v) is 11.4. The van der Waals surface area contributed by atoms with Crippen LogP contribution >= 0.6 is 0 Å². The fourth-order valence-electron chi connectivity index (χ4n) is 7.91. The van der Waals surface area contributed by atoms with Crippen molar-refractivity contribution in [3.63, 3.8) is 0 Å². The second-order valence-electron chi connectivity index (χ2n) is 16.2. The lowest BCUT2D eigenvalue weighted by molar-refractivity contribution is 0.0809. The number of aliphatic hydroxyl groups is 3. The lowest BCUT2D eigenvalue weighted by atomic mass is 9.88. The molecule has 3 fully saturated rings. The smallest absolute Gasteiger partial charge is 0.121 e. The first-order valence-electron chi connectivity index (χ1n) is 22.0. The van der Waals surface area contributed by atoms with Crippen molar-refractivity contribution >= 4 is 5.69 Å². The van der Waals surface area contributed by atoms with Gasteiger partial charge in [0.1, 0.15) is 17.2 Å². The molecule has 8 nitrogen and oxygen atoms in total. The molecule has 0 radical (unpaired) electrons. The minimum absolute atomic E-state index is 0.171. The molecule has 8 heteroatoms. The monoisotopic (exact) mass is 775 g/mol. The molecule has 3 saturated carbocycles. The molecule has 4 atom stereocenters. The van der Waals surface area contributed by atoms with E-state index in [9.17, 15) is 15.3 Å². The first-order chi connectivity index (χ1) is 27.4. The number of rotatable bonds is 17. The van der Waals surface area contributed by atoms with Gasteiger partial charge in [-0.1, -0.05) is 89.1 Å². The molecular formula is C48H74N2O6. The largest absolute Gasteiger partial charge is 0.493 e. The maximum Gasteiger partial charge on any atom is 0.121 e. The van der Waals surface area contributed by atoms with Gasteiger partial charge in [-0.15, -0.1) is 0 Å². The van der Waals surface area contributed by atoms with Crippen LogP contribution in [0.2, 0.25) is 0 Å². The van der Waals surface area contributed by atoms with E-state index in [4.69, 9.17) is 19.9 Å². The summed E-state index contributed by atoms with van der Waals surface area (Å²) in [6.45, 7) is 7.99. The molecule has 312 valence electrons. The van der Waals surface area contributed by atoms with Gasteiger partial charge in [-0.05, 0) is 136 Å². The van der Waals surface area contributed by atoms with E-state index in [1.165, 1.54) is 64.2 Å². The molecule has 3 aromatic rings. The highest BCUT2D eigenvalue weighted by Crippen LogP contribution is 2.29. The standard InChI is InChI=1S/C16H25NO3.C16H25NO.C16H24O2/c17-8-7-16(19)13-4-2-6-15(10-13)20-11-12-3-1-5-14(18)9-12;1-2-11-17-15-9-6-10-16(12-15)18-13-14-7-4-3-5-8-14;1-2-16(17)14-9-6-10-15(11-14)18-12-13-7-4-3-5-8-13/h2,4,6,10,12,14,16,18-19H,1,3,5,7-9,11,17H2;6,9-10,12,14,17H,2-5,7-8,11,13H2,1H3;6,9-11,13,16-17H,2-5,7-8,12H2,1H3/t12-,14+,16-;;/m1../s1. The number of ether oxygens (including phenoxy) is 3. The van der Waals surface area contributed by atoms with Crippen LogP contribution in [0.1, 0.15) is 146 Å². The second-order valence-corrected chi connectivity index (χ2v) is 16.2. The molecule has 3 aliphatic carbocycles. The van der Waals surface area contributed by atoms with Gasteiger partial charge in [0.25, 0.3) is 0 Å². The zero-order chi connectivity index (χ0) is 39.8. The van der Waals surface area contributed by atoms with Crippen molar-refractivity contribution < 1.29 is 29.5 Å². The van der Waals surface area contributed by atoms with Crippen molar-refractivity contribution in [2.24, 2.45) is 23.5 Å². The molecule has 0 aromatic heterocycles. The zero-order valence-corrected chi connectivity index (χ0v) is 34.6. The molecule has 6 rings (SSSR count). The summed E-state index contributed by atoms with van der Waals surface area (Å²) in [6.07, 6.45) is 18.8. The highest BCUT2D eigenvalue weighted by molar-refractivity contribution is 5.48. The van der Waals surface area contributed by atoms with Gasteiger partial charge in [0, 0.05) is 18.3 Å². The predicted octanol–water partition coefficient (Wildman–Crippen LogP) is 10.6. The lowest BCUT2D eigenvalue weighted by Crippen LogP contribution is -2.24. The van der Waals surface area contributed by atoms with Crippen LogP contribution in [0, 0.1) is 17.8 Å². The second kappa shape index (κ2) is 26.6. The van der Waals surface area contributed by atoms with Crippen molar-refractivity contribution in [2.75, 3.05) is 38.2 Å². The highest BCUT2D eigenvalue weighted by atomic mass is 16.5. The average Bonchev–Trinajstić information content (AvgIpc) is 3.25. The van der Waals surface area contributed by atoms with Crippen LogP contribution < -0.4 is 25.3 Å². The molecule has 0 amide bonds. The quantitative estimate of drug-likeness (QED) is 0.0918. The minimum Gasteiger partial charge on any atom is -0.493 e. The van der Waals surface area contributed by atoms with E-state index in [1.807, 2.05) is 55.5 Å². The van der Waals surface area contributed by atoms with Crippen LogP contribution in [0.15, 0.2) is 72.8 Å². The van der Waals surface area contributed by atoms with Gasteiger partial charge in [0.05, 0.1) is 38.1 Å². The SMILES string of the molecule is CCC(O)c1cccc(OCC2CCCCC2)c1.CCCNc1cccc(OCC2CCCCC2)c1.NCC[C@@H](O)c1cccc(OC[C@@H]2CCC[C@H](O)C2)c1. The Balaban J connectivity index is 0.000000187. The van der Waals surface area contributed by atoms with E-state index in [0.717, 1.165) is 104 Å². The third kappa shape index (κ3) is 17.5. The van der Waals surface area contributed by atoms with E-state index in [0.29, 0.717) is 25.5 Å². The number of hydrogen-bond acceptors (Lipinski definition) is 8. The predicted molar refractivity (Wildman–Crippen MR) is 230 cm³/mol. The molecule has 3 aliphatic rings. The zero-order valence-electron chi connectivity index (χ0n) is 34.6. The van der Waals surface area contributed by atoms with Gasteiger partial charge in [0.15, 0.2) is 0 Å². The first-order valence-corrected chi connectivity index (χ1v) is 22.0. The number of hydrogen-bond donors (Lipinski definition) is 5. The first kappa shape index (κ1) is 45.4. The minimum atomic E-state index is -0.528. The molecule has 0 heterocycles. The maximum atomic E-state index is 9.93. The van der Waals surface area contributed by atoms with Crippen molar-refractivity contribution in [3.05, 3.63) is 83.9 Å². The summed E-state index contributed by atoms with van der Waals surface area (Å²) in [5.74, 6) is 4.59. The number of nitrogens with one attached hydrogen (secondary N) is 1. The molecule has 0 bridgehead atoms. The van der Waals surface area contributed by atoms with E-state index in [2.05, 4.69) is 36.5 Å². The number of nitrogens with two attached hydrogens (primary N) is 1. The van der Waals surface area contributed by atoms with Crippen molar-refractivity contribution in [1.82, 2.24) is 0 Å². The summed E-state index contributed by atoms with van der Waals surface area (Å²) in [4.78, 5) is 0. The van der Waals surface area contributed by atoms with Gasteiger partial charge in [0.2, 0.25) is 0 Å². The number of benzene rings is 3. The molecule has 0 saturated heterocycles. The number of aliphatic hydroxyl groups excluding tert-OH is 3. The van der Waals surface area contributed by atoms with Gasteiger partial charge in [-0.25, -0.2) is 0 Å². The van der Waals surface area contributed by atoms with Crippen LogP contribution in [0.5, 0.6) is 17.2 Å². The van der Waals surface area contributed by atoms with Gasteiger partial charge >= 0.3 is 0 Å². The molecule has 56 heavy (non-hydrogen) atoms. The van der Waals surface area contributed by atoms with Crippen molar-refractivity contribution in [3.8, 4) is 17.2 Å². The Kier molecular flexibility index (Phi) is 21.6. The van der Waals surface area contributed by atoms with Crippen LogP contribution in [-0.4, -0.2) is 54.3 Å². The summed E-state index contributed by atoms with van der Waals surface area (Å²) in [6, 6.07) is 23.8. The normalized spacial score (nSPS) is 20.0. The summed E-state index contributed by atoms with van der Waals surface area (Å²) in [5.41, 5.74) is 8.43. The number of anilines is 1. The fraction of sp³-hybridized carbons (Fsp3) is 0.625. The topological polar surface area (TPSA) is 126 Å². The average molecular weight is 775 g/mol. The van der Waals surface area contributed by atoms with E-state index in [1.54, 1.807) is 0 Å².